The summed E-state index contributed by atoms with van der Waals surface area (Å²) in [5.74, 6) is 0.388. The molecule has 0 unspecified atom stereocenters. The predicted octanol–water partition coefficient (Wildman–Crippen LogP) is 2.92. The molecular weight excluding hydrogens is 464 g/mol. The number of amides is 2. The second-order valence-electron chi connectivity index (χ2n) is 10.5. The zero-order valence-electron chi connectivity index (χ0n) is 22.1. The molecule has 0 bridgehead atoms. The Kier molecular flexibility index (Phi) is 8.66. The molecule has 9 nitrogen and oxygen atoms in total. The van der Waals surface area contributed by atoms with Crippen molar-refractivity contribution in [3.05, 3.63) is 33.2 Å². The van der Waals surface area contributed by atoms with Gasteiger partial charge >= 0.3 is 5.63 Å². The number of hydrogen-bond donors (Lipinski definition) is 3. The minimum Gasteiger partial charge on any atom is -0.487 e. The molecule has 1 aromatic carbocycles. The Balaban J connectivity index is 1.86. The number of carbonyl (C=O) groups excluding carboxylic acids is 2. The second kappa shape index (κ2) is 11.3. The maximum atomic E-state index is 12.8. The molecule has 0 radical (unpaired) electrons. The molecule has 198 valence electrons. The van der Waals surface area contributed by atoms with Gasteiger partial charge in [0, 0.05) is 30.3 Å². The van der Waals surface area contributed by atoms with E-state index < -0.39 is 17.6 Å². The normalized spacial score (nSPS) is 15.2. The second-order valence-corrected chi connectivity index (χ2v) is 10.5. The van der Waals surface area contributed by atoms with E-state index in [2.05, 4.69) is 10.6 Å². The van der Waals surface area contributed by atoms with Crippen LogP contribution in [0.5, 0.6) is 11.5 Å². The van der Waals surface area contributed by atoms with Gasteiger partial charge in [0.2, 0.25) is 5.91 Å². The maximum absolute atomic E-state index is 12.8. The number of aryl methyl sites for hydroxylation is 2. The molecule has 0 fully saturated rings. The summed E-state index contributed by atoms with van der Waals surface area (Å²) in [4.78, 5) is 37.8. The Labute approximate surface area is 211 Å². The minimum atomic E-state index is -0.716. The first-order valence-corrected chi connectivity index (χ1v) is 12.5. The van der Waals surface area contributed by atoms with Gasteiger partial charge in [0.05, 0.1) is 5.39 Å². The first-order chi connectivity index (χ1) is 16.9. The van der Waals surface area contributed by atoms with Gasteiger partial charge in [0.1, 0.15) is 28.7 Å². The summed E-state index contributed by atoms with van der Waals surface area (Å²) in [5.41, 5.74) is 1.65. The Hall–Kier alpha value is -3.07. The van der Waals surface area contributed by atoms with E-state index in [4.69, 9.17) is 19.0 Å². The van der Waals surface area contributed by atoms with E-state index >= 15 is 0 Å². The number of hydrogen-bond acceptors (Lipinski definition) is 7. The van der Waals surface area contributed by atoms with Gasteiger partial charge in [-0.2, -0.15) is 0 Å². The SMILES string of the molecule is Cc1c(C)c2c(OCC(=O)N[C@@H](CC(C)C)C(=O)NCCCO)cc3c(c2oc1=O)CCC(C)(C)O3. The summed E-state index contributed by atoms with van der Waals surface area (Å²) in [7, 11) is 0. The number of rotatable bonds is 10. The van der Waals surface area contributed by atoms with Gasteiger partial charge in [-0.05, 0) is 64.9 Å². The van der Waals surface area contributed by atoms with Crippen molar-refractivity contribution in [1.82, 2.24) is 10.6 Å². The number of aliphatic hydroxyl groups is 1. The van der Waals surface area contributed by atoms with Gasteiger partial charge in [0.15, 0.2) is 6.61 Å². The molecule has 0 saturated carbocycles. The number of benzene rings is 1. The highest BCUT2D eigenvalue weighted by Crippen LogP contribution is 2.43. The highest BCUT2D eigenvalue weighted by Gasteiger charge is 2.31. The van der Waals surface area contributed by atoms with Gasteiger partial charge in [-0.1, -0.05) is 13.8 Å². The number of aliphatic hydroxyl groups excluding tert-OH is 1. The van der Waals surface area contributed by atoms with Gasteiger partial charge in [-0.15, -0.1) is 0 Å². The highest BCUT2D eigenvalue weighted by atomic mass is 16.5. The fourth-order valence-electron chi connectivity index (χ4n) is 4.34. The smallest absolute Gasteiger partial charge is 0.339 e. The first kappa shape index (κ1) is 27.5. The van der Waals surface area contributed by atoms with E-state index in [0.717, 1.165) is 17.5 Å². The molecule has 0 saturated heterocycles. The standard InChI is InChI=1S/C27H38N2O7/c1-15(2)12-19(25(32)28-10-7-11-30)29-22(31)14-34-21-13-20-18(8-9-27(5,6)36-20)24-23(21)16(3)17(4)26(33)35-24/h13,15,19,30H,7-12,14H2,1-6H3,(H,28,32)(H,29,31)/t19-/m0/s1. The fraction of sp³-hybridized carbons (Fsp3) is 0.593. The van der Waals surface area contributed by atoms with Gasteiger partial charge in [-0.25, -0.2) is 4.79 Å². The lowest BCUT2D eigenvalue weighted by molar-refractivity contribution is -0.130. The van der Waals surface area contributed by atoms with Crippen molar-refractivity contribution in [3.8, 4) is 11.5 Å². The Morgan fingerprint density at radius 2 is 1.94 bits per heavy atom. The number of fused-ring (bicyclic) bond motifs is 3. The predicted molar refractivity (Wildman–Crippen MR) is 137 cm³/mol. The Morgan fingerprint density at radius 1 is 1.22 bits per heavy atom. The molecule has 36 heavy (non-hydrogen) atoms. The van der Waals surface area contributed by atoms with Crippen molar-refractivity contribution in [2.75, 3.05) is 19.8 Å². The van der Waals surface area contributed by atoms with Crippen LogP contribution in [0, 0.1) is 19.8 Å². The van der Waals surface area contributed by atoms with E-state index in [-0.39, 0.29) is 30.6 Å². The minimum absolute atomic E-state index is 0.0238. The highest BCUT2D eigenvalue weighted by molar-refractivity contribution is 5.93. The Morgan fingerprint density at radius 3 is 2.61 bits per heavy atom. The molecule has 0 spiro atoms. The van der Waals surface area contributed by atoms with Crippen LogP contribution < -0.4 is 25.7 Å². The topological polar surface area (TPSA) is 127 Å². The fourth-order valence-corrected chi connectivity index (χ4v) is 4.34. The number of nitrogens with one attached hydrogen (secondary N) is 2. The summed E-state index contributed by atoms with van der Waals surface area (Å²) >= 11 is 0. The van der Waals surface area contributed by atoms with E-state index in [1.54, 1.807) is 13.0 Å². The molecule has 1 aliphatic rings. The van der Waals surface area contributed by atoms with Gasteiger partial charge < -0.3 is 29.6 Å². The molecule has 1 aromatic heterocycles. The molecule has 3 rings (SSSR count). The summed E-state index contributed by atoms with van der Waals surface area (Å²) in [6.07, 6.45) is 2.36. The largest absolute Gasteiger partial charge is 0.487 e. The van der Waals surface area contributed by atoms with E-state index in [1.807, 2.05) is 34.6 Å². The first-order valence-electron chi connectivity index (χ1n) is 12.5. The van der Waals surface area contributed by atoms with Gasteiger partial charge in [0.25, 0.3) is 5.91 Å². The van der Waals surface area contributed by atoms with E-state index in [0.29, 0.717) is 53.8 Å². The third-order valence-electron chi connectivity index (χ3n) is 6.46. The van der Waals surface area contributed by atoms with Crippen molar-refractivity contribution >= 4 is 22.8 Å². The average Bonchev–Trinajstić information content (AvgIpc) is 2.79. The quantitative estimate of drug-likeness (QED) is 0.337. The zero-order chi connectivity index (χ0) is 26.6. The van der Waals surface area contributed by atoms with Crippen molar-refractivity contribution in [1.29, 1.82) is 0 Å². The van der Waals surface area contributed by atoms with Crippen LogP contribution in [-0.4, -0.2) is 48.3 Å². The van der Waals surface area contributed by atoms with E-state index in [9.17, 15) is 14.4 Å². The zero-order valence-corrected chi connectivity index (χ0v) is 22.1. The monoisotopic (exact) mass is 502 g/mol. The lowest BCUT2D eigenvalue weighted by atomic mass is 9.92. The van der Waals surface area contributed by atoms with Crippen molar-refractivity contribution in [2.24, 2.45) is 5.92 Å². The maximum Gasteiger partial charge on any atom is 0.339 e. The number of carbonyl (C=O) groups is 2. The number of ether oxygens (including phenoxy) is 2. The van der Waals surface area contributed by atoms with Crippen LogP contribution in [0.15, 0.2) is 15.3 Å². The van der Waals surface area contributed by atoms with Crippen LogP contribution in [-0.2, 0) is 16.0 Å². The summed E-state index contributed by atoms with van der Waals surface area (Å²) in [5, 5.41) is 15.1. The Bertz CT molecular complexity index is 1180. The van der Waals surface area contributed by atoms with Crippen LogP contribution in [0.25, 0.3) is 11.0 Å². The lowest BCUT2D eigenvalue weighted by Gasteiger charge is -2.33. The summed E-state index contributed by atoms with van der Waals surface area (Å²) < 4.78 is 17.8. The molecule has 3 N–H and O–H groups in total. The molecule has 2 amide bonds. The molecule has 1 aliphatic heterocycles. The van der Waals surface area contributed by atoms with Crippen LogP contribution in [0.4, 0.5) is 0 Å². The third-order valence-corrected chi connectivity index (χ3v) is 6.46. The summed E-state index contributed by atoms with van der Waals surface area (Å²) in [6, 6.07) is 1.04. The van der Waals surface area contributed by atoms with Crippen LogP contribution in [0.2, 0.25) is 0 Å². The van der Waals surface area contributed by atoms with Crippen molar-refractivity contribution < 1.29 is 28.6 Å². The molecule has 2 heterocycles. The van der Waals surface area contributed by atoms with Crippen LogP contribution in [0.3, 0.4) is 0 Å². The third kappa shape index (κ3) is 6.37. The van der Waals surface area contributed by atoms with E-state index in [1.165, 1.54) is 0 Å². The van der Waals surface area contributed by atoms with Crippen LogP contribution >= 0.6 is 0 Å². The lowest BCUT2D eigenvalue weighted by Crippen LogP contribution is -2.49. The van der Waals surface area contributed by atoms with Crippen molar-refractivity contribution in [3.63, 3.8) is 0 Å². The molecule has 9 heteroatoms. The molecule has 2 aromatic rings. The average molecular weight is 503 g/mol. The van der Waals surface area contributed by atoms with Crippen LogP contribution in [0.1, 0.15) is 63.6 Å². The molecule has 1 atom stereocenters. The molecular formula is C27H38N2O7. The van der Waals surface area contributed by atoms with Gasteiger partial charge in [-0.3, -0.25) is 9.59 Å². The molecule has 0 aliphatic carbocycles. The van der Waals surface area contributed by atoms with Crippen molar-refractivity contribution in [2.45, 2.75) is 78.9 Å². The summed E-state index contributed by atoms with van der Waals surface area (Å²) in [6.45, 7) is 11.4.